The Labute approximate surface area is 137 Å². The molecule has 23 heavy (non-hydrogen) atoms. The molecule has 1 aromatic carbocycles. The van der Waals surface area contributed by atoms with E-state index in [-0.39, 0.29) is 12.5 Å². The van der Waals surface area contributed by atoms with E-state index in [2.05, 4.69) is 20.9 Å². The Bertz CT molecular complexity index is 489. The summed E-state index contributed by atoms with van der Waals surface area (Å²) in [6.45, 7) is 4.37. The number of methoxy groups -OCH3 is 2. The van der Waals surface area contributed by atoms with E-state index in [9.17, 15) is 4.79 Å². The highest BCUT2D eigenvalue weighted by atomic mass is 16.5. The molecule has 1 aromatic rings. The number of nitrogens with one attached hydrogen (secondary N) is 3. The van der Waals surface area contributed by atoms with E-state index in [1.165, 1.54) is 0 Å². The summed E-state index contributed by atoms with van der Waals surface area (Å²) in [6, 6.07) is 7.72. The number of benzene rings is 1. The Morgan fingerprint density at radius 1 is 1.13 bits per heavy atom. The summed E-state index contributed by atoms with van der Waals surface area (Å²) >= 11 is 0. The first-order chi connectivity index (χ1) is 11.2. The first kappa shape index (κ1) is 18.8. The number of carbonyl (C=O) groups excluding carboxylic acids is 1. The molecular weight excluding hydrogens is 296 g/mol. The Morgan fingerprint density at radius 3 is 2.48 bits per heavy atom. The van der Waals surface area contributed by atoms with Crippen molar-refractivity contribution in [3.05, 3.63) is 29.8 Å². The van der Waals surface area contributed by atoms with Gasteiger partial charge in [-0.15, -0.1) is 0 Å². The van der Waals surface area contributed by atoms with Gasteiger partial charge < -0.3 is 25.4 Å². The van der Waals surface area contributed by atoms with Crippen LogP contribution in [-0.2, 0) is 16.1 Å². The van der Waals surface area contributed by atoms with Gasteiger partial charge in [-0.1, -0.05) is 12.1 Å². The van der Waals surface area contributed by atoms with Crippen LogP contribution in [0.15, 0.2) is 29.3 Å². The summed E-state index contributed by atoms with van der Waals surface area (Å²) in [5, 5.41) is 8.85. The summed E-state index contributed by atoms with van der Waals surface area (Å²) in [6.07, 6.45) is 0. The second kappa shape index (κ2) is 11.3. The molecule has 0 saturated heterocycles. The molecule has 0 bridgehead atoms. The summed E-state index contributed by atoms with van der Waals surface area (Å²) in [7, 11) is 3.23. The number of nitrogens with zero attached hydrogens (tertiary/aromatic N) is 1. The van der Waals surface area contributed by atoms with Gasteiger partial charge in [-0.25, -0.2) is 4.99 Å². The zero-order valence-electron chi connectivity index (χ0n) is 14.0. The molecular formula is C16H26N4O3. The number of hydrogen-bond donors (Lipinski definition) is 3. The highest BCUT2D eigenvalue weighted by Gasteiger charge is 2.03. The number of aliphatic imine (C=N–C) groups is 1. The lowest BCUT2D eigenvalue weighted by Gasteiger charge is -2.11. The van der Waals surface area contributed by atoms with Crippen molar-refractivity contribution in [2.45, 2.75) is 13.5 Å². The Morgan fingerprint density at radius 2 is 1.87 bits per heavy atom. The summed E-state index contributed by atoms with van der Waals surface area (Å²) < 4.78 is 10.0. The standard InChI is InChI=1S/C16H26N4O3/c1-4-17-16(20-12-15(21)18-9-10-22-2)19-11-13-5-7-14(23-3)8-6-13/h5-8H,4,9-12H2,1-3H3,(H,18,21)(H2,17,19,20). The molecule has 128 valence electrons. The van der Waals surface area contributed by atoms with E-state index in [4.69, 9.17) is 9.47 Å². The van der Waals surface area contributed by atoms with Crippen LogP contribution in [0.4, 0.5) is 0 Å². The van der Waals surface area contributed by atoms with Crippen LogP contribution in [0.3, 0.4) is 0 Å². The second-order valence-corrected chi connectivity index (χ2v) is 4.74. The minimum absolute atomic E-state index is 0.0999. The highest BCUT2D eigenvalue weighted by molar-refractivity contribution is 5.86. The molecule has 0 aliphatic rings. The van der Waals surface area contributed by atoms with Crippen molar-refractivity contribution in [3.63, 3.8) is 0 Å². The number of amides is 1. The van der Waals surface area contributed by atoms with Crippen LogP contribution in [0.1, 0.15) is 12.5 Å². The smallest absolute Gasteiger partial charge is 0.239 e. The van der Waals surface area contributed by atoms with Crippen LogP contribution in [0, 0.1) is 0 Å². The van der Waals surface area contributed by atoms with Crippen LogP contribution in [0.25, 0.3) is 0 Å². The molecule has 0 aliphatic heterocycles. The zero-order chi connectivity index (χ0) is 16.9. The number of rotatable bonds is 9. The molecule has 0 saturated carbocycles. The van der Waals surface area contributed by atoms with Crippen molar-refractivity contribution in [2.75, 3.05) is 40.5 Å². The van der Waals surface area contributed by atoms with Crippen LogP contribution >= 0.6 is 0 Å². The third kappa shape index (κ3) is 8.06. The molecule has 0 heterocycles. The van der Waals surface area contributed by atoms with Crippen molar-refractivity contribution in [3.8, 4) is 5.75 Å². The van der Waals surface area contributed by atoms with Crippen LogP contribution in [0.2, 0.25) is 0 Å². The molecule has 0 aromatic heterocycles. The normalized spacial score (nSPS) is 11.0. The molecule has 1 amide bonds. The van der Waals surface area contributed by atoms with E-state index in [1.807, 2.05) is 31.2 Å². The molecule has 0 unspecified atom stereocenters. The van der Waals surface area contributed by atoms with Crippen molar-refractivity contribution >= 4 is 11.9 Å². The van der Waals surface area contributed by atoms with Crippen LogP contribution in [0.5, 0.6) is 5.75 Å². The van der Waals surface area contributed by atoms with Gasteiger partial charge in [0.25, 0.3) is 0 Å². The molecule has 0 atom stereocenters. The molecule has 0 aliphatic carbocycles. The number of carbonyl (C=O) groups is 1. The van der Waals surface area contributed by atoms with Gasteiger partial charge in [-0.2, -0.15) is 0 Å². The lowest BCUT2D eigenvalue weighted by Crippen LogP contribution is -2.43. The van der Waals surface area contributed by atoms with Crippen molar-refractivity contribution in [1.82, 2.24) is 16.0 Å². The van der Waals surface area contributed by atoms with Gasteiger partial charge in [0.1, 0.15) is 5.75 Å². The largest absolute Gasteiger partial charge is 0.497 e. The SMILES string of the molecule is CCNC(=NCc1ccc(OC)cc1)NCC(=O)NCCOC. The van der Waals surface area contributed by atoms with Crippen molar-refractivity contribution < 1.29 is 14.3 Å². The first-order valence-electron chi connectivity index (χ1n) is 7.60. The molecule has 0 fully saturated rings. The second-order valence-electron chi connectivity index (χ2n) is 4.74. The fourth-order valence-corrected chi connectivity index (χ4v) is 1.76. The minimum Gasteiger partial charge on any atom is -0.497 e. The Balaban J connectivity index is 2.47. The summed E-state index contributed by atoms with van der Waals surface area (Å²) in [5.41, 5.74) is 1.06. The van der Waals surface area contributed by atoms with E-state index in [0.29, 0.717) is 25.7 Å². The monoisotopic (exact) mass is 322 g/mol. The lowest BCUT2D eigenvalue weighted by atomic mass is 10.2. The fourth-order valence-electron chi connectivity index (χ4n) is 1.76. The van der Waals surface area contributed by atoms with E-state index in [1.54, 1.807) is 14.2 Å². The van der Waals surface area contributed by atoms with Gasteiger partial charge in [-0.05, 0) is 24.6 Å². The third-order valence-corrected chi connectivity index (χ3v) is 2.97. The highest BCUT2D eigenvalue weighted by Crippen LogP contribution is 2.11. The number of ether oxygens (including phenoxy) is 2. The van der Waals surface area contributed by atoms with Crippen molar-refractivity contribution in [2.24, 2.45) is 4.99 Å². The molecule has 1 rings (SSSR count). The third-order valence-electron chi connectivity index (χ3n) is 2.97. The van der Waals surface area contributed by atoms with Gasteiger partial charge in [-0.3, -0.25) is 4.79 Å². The predicted molar refractivity (Wildman–Crippen MR) is 90.7 cm³/mol. The minimum atomic E-state index is -0.0999. The zero-order valence-corrected chi connectivity index (χ0v) is 14.0. The van der Waals surface area contributed by atoms with Crippen LogP contribution in [-0.4, -0.2) is 52.3 Å². The molecule has 7 heteroatoms. The van der Waals surface area contributed by atoms with Crippen LogP contribution < -0.4 is 20.7 Å². The Kier molecular flexibility index (Phi) is 9.23. The van der Waals surface area contributed by atoms with Gasteiger partial charge >= 0.3 is 0 Å². The van der Waals surface area contributed by atoms with Gasteiger partial charge in [0.05, 0.1) is 26.8 Å². The maximum atomic E-state index is 11.6. The van der Waals surface area contributed by atoms with Gasteiger partial charge in [0.15, 0.2) is 5.96 Å². The maximum Gasteiger partial charge on any atom is 0.239 e. The van der Waals surface area contributed by atoms with E-state index < -0.39 is 0 Å². The fraction of sp³-hybridized carbons (Fsp3) is 0.500. The number of hydrogen-bond acceptors (Lipinski definition) is 4. The average Bonchev–Trinajstić information content (AvgIpc) is 2.58. The van der Waals surface area contributed by atoms with E-state index in [0.717, 1.165) is 17.9 Å². The van der Waals surface area contributed by atoms with E-state index >= 15 is 0 Å². The predicted octanol–water partition coefficient (Wildman–Crippen LogP) is 0.513. The lowest BCUT2D eigenvalue weighted by molar-refractivity contribution is -0.120. The first-order valence-corrected chi connectivity index (χ1v) is 7.60. The summed E-state index contributed by atoms with van der Waals surface area (Å²) in [5.74, 6) is 1.32. The van der Waals surface area contributed by atoms with Gasteiger partial charge in [0, 0.05) is 20.2 Å². The maximum absolute atomic E-state index is 11.6. The quantitative estimate of drug-likeness (QED) is 0.350. The molecule has 0 radical (unpaired) electrons. The van der Waals surface area contributed by atoms with Crippen molar-refractivity contribution in [1.29, 1.82) is 0 Å². The Hall–Kier alpha value is -2.28. The average molecular weight is 322 g/mol. The van der Waals surface area contributed by atoms with Gasteiger partial charge in [0.2, 0.25) is 5.91 Å². The molecule has 7 nitrogen and oxygen atoms in total. The number of guanidine groups is 1. The molecule has 3 N–H and O–H groups in total. The topological polar surface area (TPSA) is 84.0 Å². The summed E-state index contributed by atoms with van der Waals surface area (Å²) in [4.78, 5) is 16.1. The molecule has 0 spiro atoms.